The summed E-state index contributed by atoms with van der Waals surface area (Å²) in [5.41, 5.74) is 11.5. The van der Waals surface area contributed by atoms with Crippen LogP contribution in [-0.4, -0.2) is 21.4 Å². The van der Waals surface area contributed by atoms with Gasteiger partial charge in [0, 0.05) is 29.2 Å². The predicted octanol–water partition coefficient (Wildman–Crippen LogP) is 7.27. The highest BCUT2D eigenvalue weighted by Crippen LogP contribution is 2.38. The van der Waals surface area contributed by atoms with Crippen LogP contribution in [-0.2, 0) is 13.0 Å². The Bertz CT molecular complexity index is 1860. The van der Waals surface area contributed by atoms with Crippen molar-refractivity contribution in [1.29, 1.82) is 0 Å². The topological polar surface area (TPSA) is 90.0 Å². The number of aromatic nitrogens is 2. The van der Waals surface area contributed by atoms with Crippen LogP contribution in [0.3, 0.4) is 0 Å². The molecule has 1 atom stereocenters. The molecule has 44 heavy (non-hydrogen) atoms. The molecule has 1 aliphatic heterocycles. The first-order chi connectivity index (χ1) is 20.9. The van der Waals surface area contributed by atoms with Gasteiger partial charge in [-0.25, -0.2) is 13.2 Å². The molecule has 226 valence electrons. The van der Waals surface area contributed by atoms with Gasteiger partial charge in [-0.3, -0.25) is 14.6 Å². The minimum absolute atomic E-state index is 0.171. The van der Waals surface area contributed by atoms with Crippen molar-refractivity contribution in [2.45, 2.75) is 46.7 Å². The Kier molecular flexibility index (Phi) is 8.58. The van der Waals surface area contributed by atoms with Crippen molar-refractivity contribution in [3.8, 4) is 11.1 Å². The number of benzene rings is 3. The quantitative estimate of drug-likeness (QED) is 0.216. The zero-order chi connectivity index (χ0) is 31.7. The number of aryl methyl sites for hydroxylation is 1. The molecule has 5 aromatic rings. The molecule has 0 bridgehead atoms. The Hall–Kier alpha value is -4.92. The molecule has 0 radical (unpaired) electrons. The highest BCUT2D eigenvalue weighted by atomic mass is 19.2. The minimum atomic E-state index is -0.888. The minimum Gasteiger partial charge on any atom is -0.366 e. The highest BCUT2D eigenvalue weighted by molar-refractivity contribution is 6.12. The van der Waals surface area contributed by atoms with Crippen molar-refractivity contribution < 1.29 is 22.8 Å². The normalized spacial score (nSPS) is 13.9. The van der Waals surface area contributed by atoms with E-state index in [-0.39, 0.29) is 29.2 Å². The van der Waals surface area contributed by atoms with Crippen LogP contribution in [0.5, 0.6) is 0 Å². The van der Waals surface area contributed by atoms with Crippen LogP contribution in [0, 0.1) is 30.3 Å². The van der Waals surface area contributed by atoms with Gasteiger partial charge >= 0.3 is 0 Å². The first-order valence-electron chi connectivity index (χ1n) is 14.4. The number of carbonyl (C=O) groups excluding carboxylic acids is 2. The molecule has 2 amide bonds. The smallest absolute Gasteiger partial charge is 0.254 e. The Morgan fingerprint density at radius 1 is 0.977 bits per heavy atom. The van der Waals surface area contributed by atoms with Crippen molar-refractivity contribution in [3.05, 3.63) is 124 Å². The standard InChI is InChI=1S/C28H26F2N4O2.C7H7F/c1-14(2)10-21-24(27(31)35)23(25-26(33-21)15(3)32-28(25)36)18-5-7-22-17(12-18)8-9-34(22)13-16-4-6-19(29)20(30)11-16;1-6-2-4-7(8)5-3-6/h4-9,11-12,14-15H,10,13H2,1-3H3,(H2,31,35)(H,32,36);2-5H,1H3. The van der Waals surface area contributed by atoms with E-state index in [1.807, 2.05) is 62.7 Å². The first kappa shape index (κ1) is 30.5. The molecule has 1 unspecified atom stereocenters. The number of rotatable bonds is 6. The van der Waals surface area contributed by atoms with Crippen LogP contribution in [0.2, 0.25) is 0 Å². The molecule has 3 N–H and O–H groups in total. The molecule has 0 saturated heterocycles. The molecule has 0 fully saturated rings. The summed E-state index contributed by atoms with van der Waals surface area (Å²) in [7, 11) is 0. The maximum atomic E-state index is 13.7. The van der Waals surface area contributed by atoms with Crippen molar-refractivity contribution in [3.63, 3.8) is 0 Å². The maximum absolute atomic E-state index is 13.7. The summed E-state index contributed by atoms with van der Waals surface area (Å²) in [6.07, 6.45) is 2.41. The molecule has 3 heterocycles. The number of nitrogens with zero attached hydrogens (tertiary/aromatic N) is 2. The lowest BCUT2D eigenvalue weighted by atomic mass is 9.89. The molecule has 3 aromatic carbocycles. The SMILES string of the molecule is CC(C)Cc1nc2c(c(-c3ccc4c(ccn4Cc4ccc(F)c(F)c4)c3)c1C(N)=O)C(=O)NC2C.Cc1ccc(F)cc1. The van der Waals surface area contributed by atoms with Gasteiger partial charge in [0.05, 0.1) is 28.6 Å². The number of pyridine rings is 1. The number of halogens is 3. The monoisotopic (exact) mass is 598 g/mol. The van der Waals surface area contributed by atoms with Gasteiger partial charge in [-0.2, -0.15) is 0 Å². The number of primary amides is 1. The van der Waals surface area contributed by atoms with E-state index in [2.05, 4.69) is 5.32 Å². The molecule has 1 aliphatic rings. The average molecular weight is 599 g/mol. The van der Waals surface area contributed by atoms with Crippen molar-refractivity contribution in [2.75, 3.05) is 0 Å². The number of nitrogens with two attached hydrogens (primary N) is 1. The number of fused-ring (bicyclic) bond motifs is 2. The summed E-state index contributed by atoms with van der Waals surface area (Å²) in [4.78, 5) is 30.3. The van der Waals surface area contributed by atoms with Crippen LogP contribution < -0.4 is 11.1 Å². The van der Waals surface area contributed by atoms with Crippen LogP contribution in [0.1, 0.15) is 70.0 Å². The van der Waals surface area contributed by atoms with Crippen LogP contribution >= 0.6 is 0 Å². The molecular weight excluding hydrogens is 565 g/mol. The van der Waals surface area contributed by atoms with Gasteiger partial charge in [-0.15, -0.1) is 0 Å². The van der Waals surface area contributed by atoms with E-state index in [0.717, 1.165) is 22.5 Å². The van der Waals surface area contributed by atoms with E-state index in [4.69, 9.17) is 10.7 Å². The average Bonchev–Trinajstić information content (AvgIpc) is 3.50. The van der Waals surface area contributed by atoms with Gasteiger partial charge in [-0.1, -0.05) is 43.7 Å². The summed E-state index contributed by atoms with van der Waals surface area (Å²) in [5.74, 6) is -2.62. The summed E-state index contributed by atoms with van der Waals surface area (Å²) >= 11 is 0. The summed E-state index contributed by atoms with van der Waals surface area (Å²) in [5, 5.41) is 3.77. The second kappa shape index (κ2) is 12.4. The zero-order valence-electron chi connectivity index (χ0n) is 24.9. The fourth-order valence-electron chi connectivity index (χ4n) is 5.48. The number of hydrogen-bond donors (Lipinski definition) is 2. The molecular formula is C35H33F3N4O2. The third kappa shape index (κ3) is 6.22. The summed E-state index contributed by atoms with van der Waals surface area (Å²) in [6, 6.07) is 17.5. The number of hydrogen-bond acceptors (Lipinski definition) is 3. The van der Waals surface area contributed by atoms with E-state index < -0.39 is 17.5 Å². The fraction of sp³-hybridized carbons (Fsp3) is 0.229. The number of carbonyl (C=O) groups is 2. The van der Waals surface area contributed by atoms with Crippen LogP contribution in [0.15, 0.2) is 72.9 Å². The van der Waals surface area contributed by atoms with E-state index in [1.54, 1.807) is 18.2 Å². The van der Waals surface area contributed by atoms with Crippen LogP contribution in [0.4, 0.5) is 13.2 Å². The third-order valence-corrected chi connectivity index (χ3v) is 7.54. The van der Waals surface area contributed by atoms with E-state index in [9.17, 15) is 22.8 Å². The highest BCUT2D eigenvalue weighted by Gasteiger charge is 2.35. The second-order valence-corrected chi connectivity index (χ2v) is 11.5. The lowest BCUT2D eigenvalue weighted by molar-refractivity contribution is 0.0958. The molecule has 0 saturated carbocycles. The van der Waals surface area contributed by atoms with Gasteiger partial charge in [-0.05, 0) is 79.8 Å². The maximum Gasteiger partial charge on any atom is 0.254 e. The Labute approximate surface area is 253 Å². The Morgan fingerprint density at radius 3 is 2.34 bits per heavy atom. The third-order valence-electron chi connectivity index (χ3n) is 7.54. The van der Waals surface area contributed by atoms with Gasteiger partial charge in [0.1, 0.15) is 5.82 Å². The van der Waals surface area contributed by atoms with Gasteiger partial charge < -0.3 is 15.6 Å². The second-order valence-electron chi connectivity index (χ2n) is 11.5. The van der Waals surface area contributed by atoms with E-state index >= 15 is 0 Å². The Morgan fingerprint density at radius 2 is 1.70 bits per heavy atom. The fourth-order valence-corrected chi connectivity index (χ4v) is 5.48. The van der Waals surface area contributed by atoms with Crippen LogP contribution in [0.25, 0.3) is 22.0 Å². The zero-order valence-corrected chi connectivity index (χ0v) is 24.9. The molecule has 0 spiro atoms. The lowest BCUT2D eigenvalue weighted by Gasteiger charge is -2.18. The largest absolute Gasteiger partial charge is 0.366 e. The molecule has 2 aromatic heterocycles. The van der Waals surface area contributed by atoms with Gasteiger partial charge in [0.15, 0.2) is 11.6 Å². The van der Waals surface area contributed by atoms with Crippen molar-refractivity contribution >= 4 is 22.7 Å². The first-order valence-corrected chi connectivity index (χ1v) is 14.4. The van der Waals surface area contributed by atoms with E-state index in [1.165, 1.54) is 18.2 Å². The molecule has 0 aliphatic carbocycles. The van der Waals surface area contributed by atoms with Crippen molar-refractivity contribution in [2.24, 2.45) is 11.7 Å². The Balaban J connectivity index is 0.000000418. The summed E-state index contributed by atoms with van der Waals surface area (Å²) in [6.45, 7) is 8.22. The molecule has 6 rings (SSSR count). The molecule has 6 nitrogen and oxygen atoms in total. The van der Waals surface area contributed by atoms with Gasteiger partial charge in [0.25, 0.3) is 11.8 Å². The van der Waals surface area contributed by atoms with Crippen molar-refractivity contribution in [1.82, 2.24) is 14.9 Å². The number of amides is 2. The molecule has 9 heteroatoms. The number of nitrogens with one attached hydrogen (secondary N) is 1. The summed E-state index contributed by atoms with van der Waals surface area (Å²) < 4.78 is 41.0. The lowest BCUT2D eigenvalue weighted by Crippen LogP contribution is -2.20. The van der Waals surface area contributed by atoms with E-state index in [0.29, 0.717) is 46.6 Å². The van der Waals surface area contributed by atoms with Gasteiger partial charge in [0.2, 0.25) is 0 Å². The predicted molar refractivity (Wildman–Crippen MR) is 165 cm³/mol.